The molecule has 0 spiro atoms. The zero-order valence-electron chi connectivity index (χ0n) is 15.0. The first kappa shape index (κ1) is 18.7. The van der Waals surface area contributed by atoms with E-state index < -0.39 is 0 Å². The Kier molecular flexibility index (Phi) is 5.93. The molecule has 0 aliphatic carbocycles. The summed E-state index contributed by atoms with van der Waals surface area (Å²) in [6.45, 7) is 1.51. The lowest BCUT2D eigenvalue weighted by atomic mass is 10.1. The number of ether oxygens (including phenoxy) is 1. The van der Waals surface area contributed by atoms with Crippen LogP contribution < -0.4 is 10.1 Å². The Labute approximate surface area is 161 Å². The Morgan fingerprint density at radius 3 is 2.44 bits per heavy atom. The Balaban J connectivity index is 1.60. The second kappa shape index (κ2) is 8.55. The van der Waals surface area contributed by atoms with Crippen LogP contribution in [0.2, 0.25) is 0 Å². The van der Waals surface area contributed by atoms with Crippen LogP contribution in [0, 0.1) is 0 Å². The Bertz CT molecular complexity index is 934. The lowest BCUT2D eigenvalue weighted by Gasteiger charge is -2.09. The number of hydrogen-bond donors (Lipinski definition) is 1. The number of carbonyl (C=O) groups excluding carboxylic acids is 2. The number of aromatic nitrogens is 2. The van der Waals surface area contributed by atoms with Gasteiger partial charge in [-0.2, -0.15) is 0 Å². The fraction of sp³-hybridized carbons (Fsp3) is 0.150. The highest BCUT2D eigenvalue weighted by Crippen LogP contribution is 2.22. The summed E-state index contributed by atoms with van der Waals surface area (Å²) in [5.74, 6) is 0.860. The minimum absolute atomic E-state index is 0.00574. The van der Waals surface area contributed by atoms with Gasteiger partial charge in [0.15, 0.2) is 10.9 Å². The molecule has 0 fully saturated rings. The number of methoxy groups -OCH3 is 1. The van der Waals surface area contributed by atoms with Gasteiger partial charge in [0.2, 0.25) is 5.91 Å². The number of thioether (sulfide) groups is 1. The van der Waals surface area contributed by atoms with Crippen LogP contribution in [-0.4, -0.2) is 34.1 Å². The summed E-state index contributed by atoms with van der Waals surface area (Å²) < 4.78 is 7.09. The van der Waals surface area contributed by atoms with Crippen molar-refractivity contribution in [3.8, 4) is 11.4 Å². The molecule has 0 atom stereocenters. The number of Topliss-reactive ketones (excluding diaryl/α,β-unsaturated/α-hetero) is 1. The van der Waals surface area contributed by atoms with Gasteiger partial charge < -0.3 is 10.1 Å². The van der Waals surface area contributed by atoms with Crippen LogP contribution in [0.5, 0.6) is 5.75 Å². The van der Waals surface area contributed by atoms with Crippen molar-refractivity contribution in [2.45, 2.75) is 12.1 Å². The largest absolute Gasteiger partial charge is 0.497 e. The van der Waals surface area contributed by atoms with Crippen LogP contribution >= 0.6 is 11.8 Å². The molecule has 3 aromatic rings. The zero-order valence-corrected chi connectivity index (χ0v) is 15.8. The number of hydrogen-bond acceptors (Lipinski definition) is 5. The van der Waals surface area contributed by atoms with E-state index in [-0.39, 0.29) is 17.4 Å². The standard InChI is InChI=1S/C20H19N3O3S/c1-14(24)15-3-5-16(6-4-15)22-19(25)13-27-20-21-11-12-23(20)17-7-9-18(26-2)10-8-17/h3-12H,13H2,1-2H3,(H,22,25). The first-order valence-electron chi connectivity index (χ1n) is 8.28. The van der Waals surface area contributed by atoms with Gasteiger partial charge in [-0.15, -0.1) is 0 Å². The second-order valence-corrected chi connectivity index (χ2v) is 6.69. The van der Waals surface area contributed by atoms with E-state index in [1.54, 1.807) is 37.6 Å². The molecule has 0 unspecified atom stereocenters. The molecule has 1 amide bonds. The summed E-state index contributed by atoms with van der Waals surface area (Å²) in [4.78, 5) is 27.8. The van der Waals surface area contributed by atoms with Gasteiger partial charge >= 0.3 is 0 Å². The second-order valence-electron chi connectivity index (χ2n) is 5.75. The van der Waals surface area contributed by atoms with Gasteiger partial charge in [0, 0.05) is 29.3 Å². The van der Waals surface area contributed by atoms with E-state index in [9.17, 15) is 9.59 Å². The normalized spacial score (nSPS) is 10.4. The van der Waals surface area contributed by atoms with Crippen LogP contribution in [0.1, 0.15) is 17.3 Å². The van der Waals surface area contributed by atoms with Crippen molar-refractivity contribution >= 4 is 29.1 Å². The predicted octanol–water partition coefficient (Wildman–Crippen LogP) is 3.81. The molecule has 2 aromatic carbocycles. The van der Waals surface area contributed by atoms with Gasteiger partial charge in [0.05, 0.1) is 12.9 Å². The van der Waals surface area contributed by atoms with E-state index in [2.05, 4.69) is 10.3 Å². The molecule has 0 bridgehead atoms. The topological polar surface area (TPSA) is 73.2 Å². The third kappa shape index (κ3) is 4.77. The zero-order chi connectivity index (χ0) is 19.2. The fourth-order valence-corrected chi connectivity index (χ4v) is 3.22. The van der Waals surface area contributed by atoms with Crippen molar-refractivity contribution in [1.82, 2.24) is 9.55 Å². The molecule has 1 aromatic heterocycles. The average molecular weight is 381 g/mol. The van der Waals surface area contributed by atoms with Crippen molar-refractivity contribution in [2.75, 3.05) is 18.2 Å². The maximum absolute atomic E-state index is 12.2. The number of ketones is 1. The van der Waals surface area contributed by atoms with Crippen molar-refractivity contribution < 1.29 is 14.3 Å². The summed E-state index contributed by atoms with van der Waals surface area (Å²) in [6.07, 6.45) is 3.55. The quantitative estimate of drug-likeness (QED) is 0.498. The van der Waals surface area contributed by atoms with E-state index in [0.29, 0.717) is 11.3 Å². The molecule has 138 valence electrons. The van der Waals surface area contributed by atoms with Crippen LogP contribution in [0.4, 0.5) is 5.69 Å². The number of rotatable bonds is 7. The average Bonchev–Trinajstić information content (AvgIpc) is 3.15. The van der Waals surface area contributed by atoms with E-state index in [0.717, 1.165) is 16.6 Å². The van der Waals surface area contributed by atoms with Gasteiger partial charge in [-0.25, -0.2) is 4.98 Å². The SMILES string of the molecule is COc1ccc(-n2ccnc2SCC(=O)Nc2ccc(C(C)=O)cc2)cc1. The van der Waals surface area contributed by atoms with Gasteiger partial charge in [-0.1, -0.05) is 11.8 Å². The Morgan fingerprint density at radius 2 is 1.81 bits per heavy atom. The minimum atomic E-state index is -0.139. The summed E-state index contributed by atoms with van der Waals surface area (Å²) in [6, 6.07) is 14.4. The number of amides is 1. The fourth-order valence-electron chi connectivity index (χ4n) is 2.45. The lowest BCUT2D eigenvalue weighted by molar-refractivity contribution is -0.113. The highest BCUT2D eigenvalue weighted by atomic mass is 32.2. The summed E-state index contributed by atoms with van der Waals surface area (Å²) in [5, 5.41) is 3.54. The van der Waals surface area contributed by atoms with E-state index in [1.807, 2.05) is 35.0 Å². The predicted molar refractivity (Wildman–Crippen MR) is 106 cm³/mol. The first-order valence-corrected chi connectivity index (χ1v) is 9.27. The van der Waals surface area contributed by atoms with E-state index >= 15 is 0 Å². The number of imidazole rings is 1. The van der Waals surface area contributed by atoms with E-state index in [1.165, 1.54) is 18.7 Å². The number of carbonyl (C=O) groups is 2. The molecular formula is C20H19N3O3S. The van der Waals surface area contributed by atoms with Crippen molar-refractivity contribution in [2.24, 2.45) is 0 Å². The smallest absolute Gasteiger partial charge is 0.234 e. The van der Waals surface area contributed by atoms with Gasteiger partial charge in [-0.05, 0) is 55.5 Å². The Morgan fingerprint density at radius 1 is 1.11 bits per heavy atom. The number of nitrogens with zero attached hydrogens (tertiary/aromatic N) is 2. The van der Waals surface area contributed by atoms with Crippen molar-refractivity contribution in [1.29, 1.82) is 0 Å². The minimum Gasteiger partial charge on any atom is -0.497 e. The highest BCUT2D eigenvalue weighted by molar-refractivity contribution is 7.99. The molecule has 7 heteroatoms. The third-order valence-electron chi connectivity index (χ3n) is 3.86. The summed E-state index contributed by atoms with van der Waals surface area (Å²) in [5.41, 5.74) is 2.21. The molecule has 27 heavy (non-hydrogen) atoms. The molecule has 0 aliphatic heterocycles. The molecule has 0 saturated heterocycles. The van der Waals surface area contributed by atoms with Gasteiger partial charge in [0.25, 0.3) is 0 Å². The summed E-state index contributed by atoms with van der Waals surface area (Å²) in [7, 11) is 1.62. The van der Waals surface area contributed by atoms with Crippen LogP contribution in [0.25, 0.3) is 5.69 Å². The van der Waals surface area contributed by atoms with Gasteiger partial charge in [-0.3, -0.25) is 14.2 Å². The van der Waals surface area contributed by atoms with Crippen molar-refractivity contribution in [3.05, 3.63) is 66.5 Å². The highest BCUT2D eigenvalue weighted by Gasteiger charge is 2.10. The Hall–Kier alpha value is -3.06. The van der Waals surface area contributed by atoms with E-state index in [4.69, 9.17) is 4.74 Å². The third-order valence-corrected chi connectivity index (χ3v) is 4.83. The molecule has 3 rings (SSSR count). The van der Waals surface area contributed by atoms with Crippen LogP contribution in [-0.2, 0) is 4.79 Å². The maximum Gasteiger partial charge on any atom is 0.234 e. The molecule has 0 radical (unpaired) electrons. The van der Waals surface area contributed by atoms with Gasteiger partial charge in [0.1, 0.15) is 5.75 Å². The molecule has 1 heterocycles. The molecule has 6 nitrogen and oxygen atoms in total. The molecular weight excluding hydrogens is 362 g/mol. The number of anilines is 1. The maximum atomic E-state index is 12.2. The van der Waals surface area contributed by atoms with Crippen LogP contribution in [0.15, 0.2) is 66.1 Å². The molecule has 0 aliphatic rings. The summed E-state index contributed by atoms with van der Waals surface area (Å²) >= 11 is 1.35. The number of nitrogens with one attached hydrogen (secondary N) is 1. The molecule has 0 saturated carbocycles. The lowest BCUT2D eigenvalue weighted by Crippen LogP contribution is -2.14. The monoisotopic (exact) mass is 381 g/mol. The molecule has 1 N–H and O–H groups in total. The van der Waals surface area contributed by atoms with Crippen LogP contribution in [0.3, 0.4) is 0 Å². The number of benzene rings is 2. The van der Waals surface area contributed by atoms with Crippen molar-refractivity contribution in [3.63, 3.8) is 0 Å². The first-order chi connectivity index (χ1) is 13.1.